The Hall–Kier alpha value is -2.11. The molecule has 6 heteroatoms. The first kappa shape index (κ1) is 14.8. The Kier molecular flexibility index (Phi) is 3.76. The highest BCUT2D eigenvalue weighted by Crippen LogP contribution is 2.28. The zero-order valence-corrected chi connectivity index (χ0v) is 13.2. The van der Waals surface area contributed by atoms with Crippen LogP contribution in [0.5, 0.6) is 5.75 Å². The summed E-state index contributed by atoms with van der Waals surface area (Å²) in [5, 5.41) is 1.14. The highest BCUT2D eigenvalue weighted by atomic mass is 35.5. The minimum atomic E-state index is -3.98. The van der Waals surface area contributed by atoms with Crippen LogP contribution in [0.3, 0.4) is 0 Å². The quantitative estimate of drug-likeness (QED) is 0.681. The van der Waals surface area contributed by atoms with Crippen LogP contribution in [-0.4, -0.2) is 13.4 Å². The third-order valence-corrected chi connectivity index (χ3v) is 4.83. The molecule has 1 heterocycles. The summed E-state index contributed by atoms with van der Waals surface area (Å²) in [4.78, 5) is 4.23. The number of pyridine rings is 1. The minimum absolute atomic E-state index is 0.0490. The molecule has 0 aliphatic heterocycles. The minimum Gasteiger partial charge on any atom is -0.377 e. The molecule has 0 aliphatic rings. The zero-order chi connectivity index (χ0) is 15.7. The third-order valence-electron chi connectivity index (χ3n) is 3.21. The molecule has 2 aromatic carbocycles. The molecule has 0 spiro atoms. The Morgan fingerprint density at radius 1 is 1.09 bits per heavy atom. The molecule has 1 aromatic heterocycles. The van der Waals surface area contributed by atoms with Gasteiger partial charge in [0.1, 0.15) is 10.4 Å². The lowest BCUT2D eigenvalue weighted by Gasteiger charge is -2.11. The van der Waals surface area contributed by atoms with Crippen molar-refractivity contribution >= 4 is 32.6 Å². The van der Waals surface area contributed by atoms with Crippen LogP contribution in [-0.2, 0) is 10.1 Å². The topological polar surface area (TPSA) is 56.3 Å². The van der Waals surface area contributed by atoms with Crippen molar-refractivity contribution in [1.29, 1.82) is 0 Å². The number of hydrogen-bond acceptors (Lipinski definition) is 4. The summed E-state index contributed by atoms with van der Waals surface area (Å²) >= 11 is 5.89. The van der Waals surface area contributed by atoms with Crippen molar-refractivity contribution < 1.29 is 12.6 Å². The molecule has 4 nitrogen and oxygen atoms in total. The molecule has 0 radical (unpaired) electrons. The van der Waals surface area contributed by atoms with E-state index in [1.54, 1.807) is 43.5 Å². The summed E-state index contributed by atoms with van der Waals surface area (Å²) in [6.07, 6.45) is 1.59. The second-order valence-corrected chi connectivity index (χ2v) is 6.73. The van der Waals surface area contributed by atoms with E-state index in [0.717, 1.165) is 5.39 Å². The van der Waals surface area contributed by atoms with Crippen molar-refractivity contribution in [3.05, 3.63) is 65.3 Å². The van der Waals surface area contributed by atoms with E-state index in [1.165, 1.54) is 6.07 Å². The normalized spacial score (nSPS) is 11.5. The Morgan fingerprint density at radius 3 is 2.68 bits per heavy atom. The monoisotopic (exact) mass is 333 g/mol. The lowest BCUT2D eigenvalue weighted by molar-refractivity contribution is 0.487. The fourth-order valence-electron chi connectivity index (χ4n) is 2.15. The Balaban J connectivity index is 2.09. The van der Waals surface area contributed by atoms with Gasteiger partial charge in [-0.2, -0.15) is 8.42 Å². The molecule has 0 saturated carbocycles. The molecular formula is C16H12ClNO3S. The first-order valence-electron chi connectivity index (χ1n) is 6.52. The Bertz CT molecular complexity index is 949. The maximum absolute atomic E-state index is 12.5. The molecule has 0 fully saturated rings. The van der Waals surface area contributed by atoms with Gasteiger partial charge in [-0.05, 0) is 36.8 Å². The van der Waals surface area contributed by atoms with E-state index < -0.39 is 10.1 Å². The number of aromatic nitrogens is 1. The second kappa shape index (κ2) is 5.59. The van der Waals surface area contributed by atoms with Crippen LogP contribution in [0.25, 0.3) is 10.9 Å². The van der Waals surface area contributed by atoms with Crippen LogP contribution in [0, 0.1) is 6.92 Å². The lowest BCUT2D eigenvalue weighted by atomic mass is 10.2. The summed E-state index contributed by atoms with van der Waals surface area (Å²) in [6, 6.07) is 13.4. The van der Waals surface area contributed by atoms with Gasteiger partial charge in [0.25, 0.3) is 0 Å². The van der Waals surface area contributed by atoms with Crippen molar-refractivity contribution in [3.8, 4) is 5.75 Å². The van der Waals surface area contributed by atoms with E-state index in [-0.39, 0.29) is 10.6 Å². The molecule has 112 valence electrons. The second-order valence-electron chi connectivity index (χ2n) is 4.78. The molecular weight excluding hydrogens is 322 g/mol. The van der Waals surface area contributed by atoms with Gasteiger partial charge in [0.05, 0.1) is 0 Å². The van der Waals surface area contributed by atoms with Crippen molar-refractivity contribution in [3.63, 3.8) is 0 Å². The molecule has 0 unspecified atom stereocenters. The summed E-state index contributed by atoms with van der Waals surface area (Å²) < 4.78 is 30.3. The van der Waals surface area contributed by atoms with Gasteiger partial charge in [-0.25, -0.2) is 0 Å². The molecule has 3 rings (SSSR count). The van der Waals surface area contributed by atoms with Gasteiger partial charge in [0.15, 0.2) is 5.75 Å². The number of aryl methyl sites for hydroxylation is 1. The maximum Gasteiger partial charge on any atom is 0.339 e. The van der Waals surface area contributed by atoms with Gasteiger partial charge in [0.2, 0.25) is 0 Å². The number of fused-ring (bicyclic) bond motifs is 1. The predicted molar refractivity (Wildman–Crippen MR) is 85.7 cm³/mol. The van der Waals surface area contributed by atoms with Crippen molar-refractivity contribution in [2.24, 2.45) is 0 Å². The average molecular weight is 334 g/mol. The number of rotatable bonds is 3. The number of benzene rings is 2. The van der Waals surface area contributed by atoms with Crippen LogP contribution < -0.4 is 4.18 Å². The van der Waals surface area contributed by atoms with Gasteiger partial charge in [-0.3, -0.25) is 4.98 Å². The van der Waals surface area contributed by atoms with Crippen LogP contribution in [0.15, 0.2) is 59.6 Å². The van der Waals surface area contributed by atoms with Crippen LogP contribution >= 0.6 is 11.6 Å². The van der Waals surface area contributed by atoms with Crippen LogP contribution in [0.1, 0.15) is 5.56 Å². The Morgan fingerprint density at radius 2 is 1.86 bits per heavy atom. The highest BCUT2D eigenvalue weighted by molar-refractivity contribution is 7.87. The lowest BCUT2D eigenvalue weighted by Crippen LogP contribution is -2.11. The first-order chi connectivity index (χ1) is 10.5. The smallest absolute Gasteiger partial charge is 0.339 e. The van der Waals surface area contributed by atoms with Gasteiger partial charge >= 0.3 is 10.1 Å². The standard InChI is InChI=1S/C16H12ClNO3S/c1-11-7-8-13(17)10-15(11)22(19,20)21-14-6-2-4-12-5-3-9-18-16(12)14/h2-10H,1H3. The van der Waals surface area contributed by atoms with E-state index in [2.05, 4.69) is 4.98 Å². The molecule has 0 saturated heterocycles. The fraction of sp³-hybridized carbons (Fsp3) is 0.0625. The van der Waals surface area contributed by atoms with Gasteiger partial charge in [0, 0.05) is 16.6 Å². The van der Waals surface area contributed by atoms with Gasteiger partial charge in [-0.15, -0.1) is 0 Å². The molecule has 0 bridgehead atoms. The summed E-state index contributed by atoms with van der Waals surface area (Å²) in [6.45, 7) is 1.69. The molecule has 0 aliphatic carbocycles. The fourth-order valence-corrected chi connectivity index (χ4v) is 3.58. The van der Waals surface area contributed by atoms with Crippen molar-refractivity contribution in [2.75, 3.05) is 0 Å². The van der Waals surface area contributed by atoms with E-state index in [9.17, 15) is 8.42 Å². The summed E-state index contributed by atoms with van der Waals surface area (Å²) in [7, 11) is -3.98. The largest absolute Gasteiger partial charge is 0.377 e. The number of nitrogens with zero attached hydrogens (tertiary/aromatic N) is 1. The van der Waals surface area contributed by atoms with E-state index in [4.69, 9.17) is 15.8 Å². The molecule has 3 aromatic rings. The van der Waals surface area contributed by atoms with Crippen LogP contribution in [0.2, 0.25) is 5.02 Å². The van der Waals surface area contributed by atoms with E-state index >= 15 is 0 Å². The van der Waals surface area contributed by atoms with Gasteiger partial charge in [-0.1, -0.05) is 35.9 Å². The molecule has 0 amide bonds. The van der Waals surface area contributed by atoms with Crippen molar-refractivity contribution in [2.45, 2.75) is 11.8 Å². The zero-order valence-electron chi connectivity index (χ0n) is 11.7. The maximum atomic E-state index is 12.5. The molecule has 0 N–H and O–H groups in total. The van der Waals surface area contributed by atoms with E-state index in [1.807, 2.05) is 12.1 Å². The summed E-state index contributed by atoms with van der Waals surface area (Å²) in [5.41, 5.74) is 1.06. The molecule has 22 heavy (non-hydrogen) atoms. The number of halogens is 1. The number of para-hydroxylation sites is 1. The SMILES string of the molecule is Cc1ccc(Cl)cc1S(=O)(=O)Oc1cccc2cccnc12. The highest BCUT2D eigenvalue weighted by Gasteiger charge is 2.21. The van der Waals surface area contributed by atoms with E-state index in [0.29, 0.717) is 16.1 Å². The Labute approximate surface area is 133 Å². The van der Waals surface area contributed by atoms with Crippen LogP contribution in [0.4, 0.5) is 0 Å². The first-order valence-corrected chi connectivity index (χ1v) is 8.30. The predicted octanol–water partition coefficient (Wildman–Crippen LogP) is 3.96. The average Bonchev–Trinajstić information content (AvgIpc) is 2.50. The van der Waals surface area contributed by atoms with Gasteiger partial charge < -0.3 is 4.18 Å². The summed E-state index contributed by atoms with van der Waals surface area (Å²) in [5.74, 6) is 0.192. The number of hydrogen-bond donors (Lipinski definition) is 0. The molecule has 0 atom stereocenters. The van der Waals surface area contributed by atoms with Crippen molar-refractivity contribution in [1.82, 2.24) is 4.98 Å². The third kappa shape index (κ3) is 2.77.